The zero-order valence-electron chi connectivity index (χ0n) is 27.9. The zero-order valence-corrected chi connectivity index (χ0v) is 27.3. The summed E-state index contributed by atoms with van der Waals surface area (Å²) in [4.78, 5) is 16.5. The van der Waals surface area contributed by atoms with Crippen molar-refractivity contribution in [2.45, 2.75) is 94.3 Å². The van der Waals surface area contributed by atoms with Crippen molar-refractivity contribution < 1.29 is 34.1 Å². The predicted molar refractivity (Wildman–Crippen MR) is 163 cm³/mol. The van der Waals surface area contributed by atoms with Crippen LogP contribution in [0.5, 0.6) is 0 Å². The number of allylic oxidation sites excluding steroid dienone is 2. The maximum absolute atomic E-state index is 11.7. The van der Waals surface area contributed by atoms with Gasteiger partial charge in [0.25, 0.3) is 0 Å². The number of hydrogen-bond acceptors (Lipinski definition) is 3. The Morgan fingerprint density at radius 1 is 1.03 bits per heavy atom. The molecule has 0 amide bonds. The molecule has 3 nitrogen and oxygen atoms in total. The fourth-order valence-corrected chi connectivity index (χ4v) is 4.82. The summed E-state index contributed by atoms with van der Waals surface area (Å²) in [6.45, 7) is 13.7. The number of benzene rings is 2. The second-order valence-electron chi connectivity index (χ2n) is 11.0. The Morgan fingerprint density at radius 2 is 1.64 bits per heavy atom. The molecule has 215 valence electrons. The van der Waals surface area contributed by atoms with Crippen LogP contribution in [0.15, 0.2) is 54.3 Å². The molecule has 2 aromatic carbocycles. The van der Waals surface area contributed by atoms with Gasteiger partial charge in [0.2, 0.25) is 0 Å². The van der Waals surface area contributed by atoms with Gasteiger partial charge >= 0.3 is 0 Å². The first-order valence-corrected chi connectivity index (χ1v) is 14.0. The predicted octanol–water partition coefficient (Wildman–Crippen LogP) is 9.77. The van der Waals surface area contributed by atoms with Crippen LogP contribution in [0.2, 0.25) is 0 Å². The van der Waals surface area contributed by atoms with E-state index in [1.807, 2.05) is 65.0 Å². The van der Waals surface area contributed by atoms with Gasteiger partial charge in [0, 0.05) is 47.5 Å². The van der Waals surface area contributed by atoms with Gasteiger partial charge in [0.05, 0.1) is 11.3 Å². The van der Waals surface area contributed by atoms with Crippen LogP contribution in [0.4, 0.5) is 0 Å². The molecule has 0 atom stereocenters. The van der Waals surface area contributed by atoms with Crippen molar-refractivity contribution in [3.63, 3.8) is 0 Å². The first-order chi connectivity index (χ1) is 19.2. The molecule has 0 saturated heterocycles. The molecule has 1 heterocycles. The van der Waals surface area contributed by atoms with Crippen molar-refractivity contribution in [2.24, 2.45) is 17.3 Å². The summed E-state index contributed by atoms with van der Waals surface area (Å²) in [5.74, 6) is 0.547. The molecule has 3 aromatic rings. The molecule has 0 fully saturated rings. The minimum absolute atomic E-state index is 0. The number of fused-ring (bicyclic) bond motifs is 1. The summed E-state index contributed by atoms with van der Waals surface area (Å²) in [6, 6.07) is 17.5. The number of pyridine rings is 1. The second kappa shape index (κ2) is 16.1. The van der Waals surface area contributed by atoms with Crippen LogP contribution in [0.3, 0.4) is 0 Å². The Labute approximate surface area is 255 Å². The largest absolute Gasteiger partial charge is 0.512 e. The van der Waals surface area contributed by atoms with Gasteiger partial charge < -0.3 is 5.11 Å². The number of aliphatic hydroxyl groups excluding tert-OH is 1. The van der Waals surface area contributed by atoms with Gasteiger partial charge in [-0.2, -0.15) is 0 Å². The third-order valence-corrected chi connectivity index (χ3v) is 6.94. The molecule has 0 spiro atoms. The van der Waals surface area contributed by atoms with Gasteiger partial charge in [0.15, 0.2) is 5.78 Å². The number of aromatic nitrogens is 1. The molecule has 0 aliphatic rings. The van der Waals surface area contributed by atoms with Crippen molar-refractivity contribution in [1.82, 2.24) is 4.98 Å². The third-order valence-electron chi connectivity index (χ3n) is 6.94. The molecule has 0 saturated carbocycles. The Bertz CT molecular complexity index is 1320. The van der Waals surface area contributed by atoms with Crippen LogP contribution < -0.4 is 0 Å². The minimum Gasteiger partial charge on any atom is -0.512 e. The minimum atomic E-state index is -2.02. The van der Waals surface area contributed by atoms with Crippen molar-refractivity contribution in [3.8, 4) is 11.3 Å². The number of rotatable bonds is 9. The molecule has 39 heavy (non-hydrogen) atoms. The number of carbonyl (C=O) groups is 1. The van der Waals surface area contributed by atoms with Crippen molar-refractivity contribution >= 4 is 16.7 Å². The Morgan fingerprint density at radius 3 is 2.21 bits per heavy atom. The number of aliphatic hydroxyl groups is 1. The van der Waals surface area contributed by atoms with E-state index in [4.69, 9.17) is 9.10 Å². The summed E-state index contributed by atoms with van der Waals surface area (Å²) in [5, 5.41) is 10.8. The van der Waals surface area contributed by atoms with E-state index in [-0.39, 0.29) is 43.5 Å². The maximum Gasteiger partial charge on any atom is 0.162 e. The molecule has 1 aromatic heterocycles. The van der Waals surface area contributed by atoms with Gasteiger partial charge in [-0.05, 0) is 54.8 Å². The van der Waals surface area contributed by atoms with Crippen molar-refractivity contribution in [1.29, 1.82) is 0 Å². The summed E-state index contributed by atoms with van der Waals surface area (Å²) < 4.78 is 23.6. The molecule has 0 aliphatic heterocycles. The second-order valence-corrected chi connectivity index (χ2v) is 11.0. The van der Waals surface area contributed by atoms with Crippen molar-refractivity contribution in [2.75, 3.05) is 0 Å². The molecule has 1 N–H and O–H groups in total. The van der Waals surface area contributed by atoms with E-state index in [9.17, 15) is 9.90 Å². The zero-order chi connectivity index (χ0) is 31.0. The SMILES string of the molecule is CCC(CC)C(=O)/C=C(\O)C(CC)CC.[2H]C([2H])([2H])C(C)(C)Cc1cc(-c2[c-]c(C)cc(C)c2)nc2ccccc12.[Ir]. The maximum atomic E-state index is 11.7. The van der Waals surface area contributed by atoms with Gasteiger partial charge in [-0.25, -0.2) is 0 Å². The normalized spacial score (nSPS) is 13.3. The molecule has 0 unspecified atom stereocenters. The van der Waals surface area contributed by atoms with Crippen LogP contribution in [0, 0.1) is 37.2 Å². The molecule has 0 aliphatic carbocycles. The molecule has 0 bridgehead atoms. The van der Waals surface area contributed by atoms with E-state index in [1.165, 1.54) is 6.08 Å². The fourth-order valence-electron chi connectivity index (χ4n) is 4.82. The standard InChI is InChI=1S/C22H24N.C13H24O2.Ir/c1-15-10-16(2)12-17(11-15)21-13-18(14-22(3,4)5)19-8-6-7-9-20(19)23-21;1-5-10(6-2)12(14)9-13(15)11(7-3)8-4;/h6-11,13H,14H2,1-5H3;9-11,14H,5-8H2,1-4H3;/q-1;;/b;12-9-;/i3D3;;. The molecular formula is C35H48IrNO2-. The number of carbonyl (C=O) groups excluding carboxylic acids is 1. The van der Waals surface area contributed by atoms with Gasteiger partial charge in [-0.15, -0.1) is 34.9 Å². The third kappa shape index (κ3) is 10.7. The first-order valence-electron chi connectivity index (χ1n) is 15.5. The van der Waals surface area contributed by atoms with Crippen LogP contribution in [0.25, 0.3) is 22.2 Å². The van der Waals surface area contributed by atoms with E-state index in [1.54, 1.807) is 13.8 Å². The average Bonchev–Trinajstić information content (AvgIpc) is 2.89. The molecule has 1 radical (unpaired) electrons. The Hall–Kier alpha value is -2.29. The summed E-state index contributed by atoms with van der Waals surface area (Å²) >= 11 is 0. The van der Waals surface area contributed by atoms with Gasteiger partial charge in [-0.1, -0.05) is 86.5 Å². The van der Waals surface area contributed by atoms with Crippen LogP contribution in [-0.4, -0.2) is 15.9 Å². The van der Waals surface area contributed by atoms with E-state index in [0.717, 1.165) is 64.5 Å². The number of ketones is 1. The monoisotopic (exact) mass is 710 g/mol. The molecular weight excluding hydrogens is 659 g/mol. The molecule has 4 heteroatoms. The van der Waals surface area contributed by atoms with Gasteiger partial charge in [0.1, 0.15) is 0 Å². The summed E-state index contributed by atoms with van der Waals surface area (Å²) in [5.41, 5.74) is 5.09. The Kier molecular flexibility index (Phi) is 12.2. The number of nitrogens with zero attached hydrogens (tertiary/aromatic N) is 1. The van der Waals surface area contributed by atoms with E-state index in [0.29, 0.717) is 6.42 Å². The van der Waals surface area contributed by atoms with E-state index >= 15 is 0 Å². The van der Waals surface area contributed by atoms with Crippen LogP contribution >= 0.6 is 0 Å². The summed E-state index contributed by atoms with van der Waals surface area (Å²) in [6.07, 6.45) is 5.37. The van der Waals surface area contributed by atoms with Crippen molar-refractivity contribution in [3.05, 3.63) is 77.1 Å². The number of aryl methyl sites for hydroxylation is 2. The smallest absolute Gasteiger partial charge is 0.162 e. The molecule has 3 rings (SSSR count). The number of para-hydroxylation sites is 1. The van der Waals surface area contributed by atoms with Crippen LogP contribution in [-0.2, 0) is 31.3 Å². The fraction of sp³-hybridized carbons (Fsp3) is 0.486. The summed E-state index contributed by atoms with van der Waals surface area (Å²) in [7, 11) is 0. The Balaban J connectivity index is 0.000000476. The van der Waals surface area contributed by atoms with Crippen LogP contribution in [0.1, 0.15) is 94.9 Å². The van der Waals surface area contributed by atoms with Gasteiger partial charge in [-0.3, -0.25) is 9.78 Å². The quantitative estimate of drug-likeness (QED) is 0.137. The first kappa shape index (κ1) is 29.7. The average molecular weight is 710 g/mol. The topological polar surface area (TPSA) is 50.2 Å². The van der Waals surface area contributed by atoms with E-state index < -0.39 is 12.3 Å². The number of hydrogen-bond donors (Lipinski definition) is 1. The van der Waals surface area contributed by atoms with E-state index in [2.05, 4.69) is 25.1 Å².